The van der Waals surface area contributed by atoms with Crippen LogP contribution in [0, 0.1) is 0 Å². The molecule has 0 amide bonds. The predicted octanol–water partition coefficient (Wildman–Crippen LogP) is 4.15. The van der Waals surface area contributed by atoms with Crippen LogP contribution in [0.3, 0.4) is 0 Å². The molecule has 0 saturated heterocycles. The zero-order valence-electron chi connectivity index (χ0n) is 13.6. The third-order valence-corrected chi connectivity index (χ3v) is 3.44. The van der Waals surface area contributed by atoms with Gasteiger partial charge in [-0.1, -0.05) is 47.6 Å². The van der Waals surface area contributed by atoms with Crippen LogP contribution in [0.2, 0.25) is 0 Å². The van der Waals surface area contributed by atoms with E-state index in [1.54, 1.807) is 0 Å². The van der Waals surface area contributed by atoms with E-state index in [1.165, 1.54) is 0 Å². The Balaban J connectivity index is 1.50. The van der Waals surface area contributed by atoms with Gasteiger partial charge in [0.1, 0.15) is 0 Å². The molecule has 0 spiro atoms. The Morgan fingerprint density at radius 2 is 1.62 bits per heavy atom. The van der Waals surface area contributed by atoms with Crippen molar-refractivity contribution < 1.29 is 14.0 Å². The Labute approximate surface area is 141 Å². The van der Waals surface area contributed by atoms with E-state index >= 15 is 0 Å². The third kappa shape index (κ3) is 4.13. The highest BCUT2D eigenvalue weighted by atomic mass is 16.5. The first kappa shape index (κ1) is 16.1. The number of aromatic nitrogens is 2. The molecule has 0 unspecified atom stereocenters. The van der Waals surface area contributed by atoms with Gasteiger partial charge in [0.15, 0.2) is 11.5 Å². The van der Waals surface area contributed by atoms with Gasteiger partial charge in [-0.25, -0.2) is 0 Å². The van der Waals surface area contributed by atoms with Crippen molar-refractivity contribution >= 4 is 0 Å². The van der Waals surface area contributed by atoms with Gasteiger partial charge in [-0.3, -0.25) is 0 Å². The maximum Gasteiger partial charge on any atom is 0.227 e. The number of para-hydroxylation sites is 2. The van der Waals surface area contributed by atoms with E-state index < -0.39 is 0 Å². The standard InChI is InChI=1S/C19H20N2O3/c1-2-22-16-11-6-7-12-17(16)23-14-8-13-18-20-19(21-24-18)15-9-4-3-5-10-15/h3-7,9-12H,2,8,13-14H2,1H3. The molecule has 5 nitrogen and oxygen atoms in total. The van der Waals surface area contributed by atoms with Gasteiger partial charge in [0.05, 0.1) is 13.2 Å². The van der Waals surface area contributed by atoms with Crippen molar-refractivity contribution in [2.24, 2.45) is 0 Å². The Morgan fingerprint density at radius 1 is 0.917 bits per heavy atom. The lowest BCUT2D eigenvalue weighted by atomic mass is 10.2. The van der Waals surface area contributed by atoms with Crippen LogP contribution in [0.4, 0.5) is 0 Å². The van der Waals surface area contributed by atoms with Crippen molar-refractivity contribution in [2.75, 3.05) is 13.2 Å². The largest absolute Gasteiger partial charge is 0.490 e. The van der Waals surface area contributed by atoms with E-state index in [0.29, 0.717) is 31.3 Å². The molecule has 0 N–H and O–H groups in total. The second-order valence-corrected chi connectivity index (χ2v) is 5.21. The lowest BCUT2D eigenvalue weighted by Crippen LogP contribution is -2.02. The molecule has 3 rings (SSSR count). The Morgan fingerprint density at radius 3 is 2.38 bits per heavy atom. The Hall–Kier alpha value is -2.82. The predicted molar refractivity (Wildman–Crippen MR) is 91.2 cm³/mol. The molecule has 2 aromatic carbocycles. The monoisotopic (exact) mass is 324 g/mol. The molecular weight excluding hydrogens is 304 g/mol. The summed E-state index contributed by atoms with van der Waals surface area (Å²) in [6, 6.07) is 17.5. The molecule has 0 atom stereocenters. The minimum Gasteiger partial charge on any atom is -0.490 e. The number of aryl methyl sites for hydroxylation is 1. The summed E-state index contributed by atoms with van der Waals surface area (Å²) >= 11 is 0. The molecule has 0 bridgehead atoms. The molecule has 0 fully saturated rings. The van der Waals surface area contributed by atoms with Gasteiger partial charge in [-0.2, -0.15) is 4.98 Å². The van der Waals surface area contributed by atoms with E-state index in [1.807, 2.05) is 61.5 Å². The fraction of sp³-hybridized carbons (Fsp3) is 0.263. The van der Waals surface area contributed by atoms with E-state index in [4.69, 9.17) is 14.0 Å². The molecule has 3 aromatic rings. The number of rotatable bonds is 8. The molecule has 24 heavy (non-hydrogen) atoms. The second kappa shape index (κ2) is 8.15. The van der Waals surface area contributed by atoms with Gasteiger partial charge in [0.25, 0.3) is 0 Å². The van der Waals surface area contributed by atoms with Crippen molar-refractivity contribution in [3.63, 3.8) is 0 Å². The number of ether oxygens (including phenoxy) is 2. The first-order chi connectivity index (χ1) is 11.9. The summed E-state index contributed by atoms with van der Waals surface area (Å²) in [5.74, 6) is 2.77. The molecule has 1 heterocycles. The van der Waals surface area contributed by atoms with Gasteiger partial charge in [0.2, 0.25) is 11.7 Å². The van der Waals surface area contributed by atoms with Crippen LogP contribution in [0.1, 0.15) is 19.2 Å². The quantitative estimate of drug-likeness (QED) is 0.583. The SMILES string of the molecule is CCOc1ccccc1OCCCc1nc(-c2ccccc2)no1. The van der Waals surface area contributed by atoms with Gasteiger partial charge in [0, 0.05) is 12.0 Å². The molecule has 124 valence electrons. The van der Waals surface area contributed by atoms with Crippen molar-refractivity contribution in [3.8, 4) is 22.9 Å². The van der Waals surface area contributed by atoms with Crippen LogP contribution in [-0.4, -0.2) is 23.4 Å². The fourth-order valence-corrected chi connectivity index (χ4v) is 2.31. The second-order valence-electron chi connectivity index (χ2n) is 5.21. The van der Waals surface area contributed by atoms with Crippen molar-refractivity contribution in [1.82, 2.24) is 10.1 Å². The summed E-state index contributed by atoms with van der Waals surface area (Å²) in [7, 11) is 0. The van der Waals surface area contributed by atoms with E-state index in [-0.39, 0.29) is 0 Å². The van der Waals surface area contributed by atoms with Crippen LogP contribution in [0.5, 0.6) is 11.5 Å². The number of hydrogen-bond donors (Lipinski definition) is 0. The van der Waals surface area contributed by atoms with Crippen molar-refractivity contribution in [1.29, 1.82) is 0 Å². The first-order valence-corrected chi connectivity index (χ1v) is 8.09. The topological polar surface area (TPSA) is 57.4 Å². The van der Waals surface area contributed by atoms with Crippen LogP contribution in [-0.2, 0) is 6.42 Å². The van der Waals surface area contributed by atoms with Crippen LogP contribution in [0.25, 0.3) is 11.4 Å². The summed E-state index contributed by atoms with van der Waals surface area (Å²) in [6.07, 6.45) is 1.47. The molecule has 5 heteroatoms. The molecule has 0 saturated carbocycles. The summed E-state index contributed by atoms with van der Waals surface area (Å²) < 4.78 is 16.6. The van der Waals surface area contributed by atoms with Gasteiger partial charge in [-0.15, -0.1) is 0 Å². The average molecular weight is 324 g/mol. The lowest BCUT2D eigenvalue weighted by Gasteiger charge is -2.10. The lowest BCUT2D eigenvalue weighted by molar-refractivity contribution is 0.268. The molecule has 0 radical (unpaired) electrons. The number of benzene rings is 2. The minimum absolute atomic E-state index is 0.563. The Bertz CT molecular complexity index is 756. The van der Waals surface area contributed by atoms with Gasteiger partial charge < -0.3 is 14.0 Å². The smallest absolute Gasteiger partial charge is 0.227 e. The summed E-state index contributed by atoms with van der Waals surface area (Å²) in [6.45, 7) is 3.13. The fourth-order valence-electron chi connectivity index (χ4n) is 2.31. The highest BCUT2D eigenvalue weighted by Gasteiger charge is 2.08. The molecular formula is C19H20N2O3. The molecule has 0 aliphatic heterocycles. The highest BCUT2D eigenvalue weighted by molar-refractivity contribution is 5.53. The number of hydrogen-bond acceptors (Lipinski definition) is 5. The van der Waals surface area contributed by atoms with Crippen molar-refractivity contribution in [3.05, 3.63) is 60.5 Å². The minimum atomic E-state index is 0.563. The van der Waals surface area contributed by atoms with Gasteiger partial charge in [-0.05, 0) is 25.5 Å². The third-order valence-electron chi connectivity index (χ3n) is 3.44. The molecule has 1 aromatic heterocycles. The summed E-state index contributed by atoms with van der Waals surface area (Å²) in [5, 5.41) is 4.01. The Kier molecular flexibility index (Phi) is 5.45. The zero-order valence-corrected chi connectivity index (χ0v) is 13.6. The van der Waals surface area contributed by atoms with E-state index in [0.717, 1.165) is 23.5 Å². The van der Waals surface area contributed by atoms with Crippen LogP contribution >= 0.6 is 0 Å². The summed E-state index contributed by atoms with van der Waals surface area (Å²) in [5.41, 5.74) is 0.953. The van der Waals surface area contributed by atoms with Crippen LogP contribution in [0.15, 0.2) is 59.1 Å². The zero-order chi connectivity index (χ0) is 16.6. The van der Waals surface area contributed by atoms with Crippen molar-refractivity contribution in [2.45, 2.75) is 19.8 Å². The number of nitrogens with zero attached hydrogens (tertiary/aromatic N) is 2. The van der Waals surface area contributed by atoms with Gasteiger partial charge >= 0.3 is 0 Å². The molecule has 0 aliphatic carbocycles. The normalized spacial score (nSPS) is 10.5. The molecule has 0 aliphatic rings. The summed E-state index contributed by atoms with van der Waals surface area (Å²) in [4.78, 5) is 4.41. The van der Waals surface area contributed by atoms with E-state index in [2.05, 4.69) is 10.1 Å². The highest BCUT2D eigenvalue weighted by Crippen LogP contribution is 2.26. The maximum atomic E-state index is 5.79. The maximum absolute atomic E-state index is 5.79. The average Bonchev–Trinajstić information content (AvgIpc) is 3.10. The first-order valence-electron chi connectivity index (χ1n) is 8.09. The van der Waals surface area contributed by atoms with E-state index in [9.17, 15) is 0 Å². The van der Waals surface area contributed by atoms with Crippen LogP contribution < -0.4 is 9.47 Å².